The smallest absolute Gasteiger partial charge is 0.312 e. The normalized spacial score (nSPS) is 19.8. The average molecular weight is 236 g/mol. The zero-order valence-corrected chi connectivity index (χ0v) is 9.58. The molecule has 3 N–H and O–H groups in total. The van der Waals surface area contributed by atoms with E-state index in [1.807, 2.05) is 30.3 Å². The molecule has 5 heteroatoms. The first-order chi connectivity index (χ1) is 7.59. The summed E-state index contributed by atoms with van der Waals surface area (Å²) in [6.45, 7) is 1.76. The number of hydrogen-bond donors (Lipinski definition) is 2. The highest BCUT2D eigenvalue weighted by atomic mass is 32.2. The van der Waals surface area contributed by atoms with Crippen LogP contribution in [0.3, 0.4) is 0 Å². The van der Waals surface area contributed by atoms with Crippen molar-refractivity contribution in [1.82, 2.24) is 5.32 Å². The van der Waals surface area contributed by atoms with Gasteiger partial charge in [-0.2, -0.15) is 0 Å². The van der Waals surface area contributed by atoms with Gasteiger partial charge in [-0.15, -0.1) is 0 Å². The second-order valence-electron chi connectivity index (χ2n) is 3.58. The van der Waals surface area contributed by atoms with Crippen LogP contribution in [0.25, 0.3) is 6.08 Å². The number of rotatable bonds is 2. The number of primary amides is 1. The van der Waals surface area contributed by atoms with Crippen LogP contribution in [0.4, 0.5) is 4.79 Å². The number of nitrogens with one attached hydrogen (secondary N) is 1. The van der Waals surface area contributed by atoms with Gasteiger partial charge >= 0.3 is 6.03 Å². The fourth-order valence-electron chi connectivity index (χ4n) is 1.67. The number of amides is 2. The second-order valence-corrected chi connectivity index (χ2v) is 5.03. The highest BCUT2D eigenvalue weighted by Crippen LogP contribution is 2.30. The third kappa shape index (κ3) is 1.86. The average Bonchev–Trinajstić information content (AvgIpc) is 2.56. The number of hydrogen-bond acceptors (Lipinski definition) is 2. The van der Waals surface area contributed by atoms with Crippen molar-refractivity contribution in [1.29, 1.82) is 0 Å². The van der Waals surface area contributed by atoms with Gasteiger partial charge in [0.25, 0.3) is 0 Å². The molecule has 84 valence electrons. The number of benzene rings is 1. The Morgan fingerprint density at radius 2 is 2.12 bits per heavy atom. The Hall–Kier alpha value is -1.62. The topological polar surface area (TPSA) is 72.2 Å². The van der Waals surface area contributed by atoms with E-state index in [4.69, 9.17) is 5.73 Å². The summed E-state index contributed by atoms with van der Waals surface area (Å²) in [7, 11) is -1.19. The molecule has 0 saturated carbocycles. The first kappa shape index (κ1) is 10.9. The fraction of sp³-hybridized carbons (Fsp3) is 0.182. The Kier molecular flexibility index (Phi) is 2.78. The molecule has 16 heavy (non-hydrogen) atoms. The van der Waals surface area contributed by atoms with Crippen LogP contribution in [0, 0.1) is 0 Å². The van der Waals surface area contributed by atoms with E-state index in [0.717, 1.165) is 10.5 Å². The van der Waals surface area contributed by atoms with E-state index in [0.29, 0.717) is 4.91 Å². The molecule has 1 aromatic rings. The van der Waals surface area contributed by atoms with Crippen molar-refractivity contribution in [3.8, 4) is 0 Å². The van der Waals surface area contributed by atoms with Crippen molar-refractivity contribution in [2.24, 2.45) is 5.73 Å². The van der Waals surface area contributed by atoms with Gasteiger partial charge in [-0.3, -0.25) is 0 Å². The number of fused-ring (bicyclic) bond motifs is 1. The summed E-state index contributed by atoms with van der Waals surface area (Å²) < 4.78 is 12.1. The lowest BCUT2D eigenvalue weighted by atomic mass is 10.2. The monoisotopic (exact) mass is 236 g/mol. The number of nitrogens with two attached hydrogens (primary N) is 1. The van der Waals surface area contributed by atoms with Crippen molar-refractivity contribution in [2.75, 3.05) is 0 Å². The van der Waals surface area contributed by atoms with Crippen LogP contribution >= 0.6 is 0 Å². The minimum atomic E-state index is -1.19. The lowest BCUT2D eigenvalue weighted by Gasteiger charge is -2.12. The van der Waals surface area contributed by atoms with Gasteiger partial charge < -0.3 is 11.1 Å². The van der Waals surface area contributed by atoms with Crippen LogP contribution in [0.1, 0.15) is 12.5 Å². The SMILES string of the molecule is C[C@H](NC(N)=O)C1=Cc2ccccc2S1=O. The Balaban J connectivity index is 2.28. The number of carbonyl (C=O) groups is 1. The second kappa shape index (κ2) is 4.09. The molecule has 0 aromatic heterocycles. The summed E-state index contributed by atoms with van der Waals surface area (Å²) >= 11 is 0. The summed E-state index contributed by atoms with van der Waals surface area (Å²) in [5.41, 5.74) is 5.97. The van der Waals surface area contributed by atoms with Crippen molar-refractivity contribution in [3.05, 3.63) is 34.7 Å². The molecule has 0 spiro atoms. The maximum atomic E-state index is 12.1. The number of carbonyl (C=O) groups excluding carboxylic acids is 1. The minimum Gasteiger partial charge on any atom is -0.352 e. The largest absolute Gasteiger partial charge is 0.352 e. The first-order valence-corrected chi connectivity index (χ1v) is 6.03. The standard InChI is InChI=1S/C11H12N2O2S/c1-7(13-11(12)14)10-6-8-4-2-3-5-9(8)16(10)15/h2-7H,1H3,(H3,12,13,14)/t7-,16?/m0/s1. The molecule has 1 aliphatic heterocycles. The van der Waals surface area contributed by atoms with E-state index in [1.54, 1.807) is 6.92 Å². The molecule has 4 nitrogen and oxygen atoms in total. The molecular weight excluding hydrogens is 224 g/mol. The predicted molar refractivity (Wildman–Crippen MR) is 63.0 cm³/mol. The van der Waals surface area contributed by atoms with Gasteiger partial charge in [0.2, 0.25) is 0 Å². The molecule has 0 bridgehead atoms. The van der Waals surface area contributed by atoms with Gasteiger partial charge in [0, 0.05) is 4.91 Å². The molecule has 1 aromatic carbocycles. The van der Waals surface area contributed by atoms with E-state index in [2.05, 4.69) is 5.32 Å². The molecule has 2 rings (SSSR count). The van der Waals surface area contributed by atoms with Crippen LogP contribution in [0.2, 0.25) is 0 Å². The van der Waals surface area contributed by atoms with Gasteiger partial charge in [0.15, 0.2) is 0 Å². The lowest BCUT2D eigenvalue weighted by Crippen LogP contribution is -2.38. The van der Waals surface area contributed by atoms with Gasteiger partial charge in [-0.05, 0) is 24.6 Å². The van der Waals surface area contributed by atoms with Crippen LogP contribution in [-0.2, 0) is 10.8 Å². The van der Waals surface area contributed by atoms with E-state index >= 15 is 0 Å². The Labute approximate surface area is 96.0 Å². The van der Waals surface area contributed by atoms with Crippen molar-refractivity contribution >= 4 is 22.9 Å². The summed E-state index contributed by atoms with van der Waals surface area (Å²) in [4.78, 5) is 12.2. The fourth-order valence-corrected chi connectivity index (χ4v) is 3.08. The van der Waals surface area contributed by atoms with Crippen molar-refractivity contribution < 1.29 is 9.00 Å². The van der Waals surface area contributed by atoms with Gasteiger partial charge in [0.1, 0.15) is 0 Å². The van der Waals surface area contributed by atoms with Gasteiger partial charge in [-0.1, -0.05) is 18.2 Å². The highest BCUT2D eigenvalue weighted by molar-refractivity contribution is 7.89. The van der Waals surface area contributed by atoms with Crippen LogP contribution in [0.15, 0.2) is 34.1 Å². The third-order valence-corrected chi connectivity index (χ3v) is 4.09. The summed E-state index contributed by atoms with van der Waals surface area (Å²) in [5.74, 6) is 0. The molecule has 1 heterocycles. The molecule has 0 fully saturated rings. The van der Waals surface area contributed by atoms with Crippen LogP contribution in [0.5, 0.6) is 0 Å². The van der Waals surface area contributed by atoms with Crippen molar-refractivity contribution in [3.63, 3.8) is 0 Å². The molecule has 0 aliphatic carbocycles. The minimum absolute atomic E-state index is 0.314. The summed E-state index contributed by atoms with van der Waals surface area (Å²) in [6, 6.07) is 6.54. The first-order valence-electron chi connectivity index (χ1n) is 4.88. The Bertz CT molecular complexity index is 497. The molecular formula is C11H12N2O2S. The number of urea groups is 1. The van der Waals surface area contributed by atoms with E-state index in [1.165, 1.54) is 0 Å². The molecule has 0 saturated heterocycles. The lowest BCUT2D eigenvalue weighted by molar-refractivity contribution is 0.247. The molecule has 1 aliphatic rings. The molecule has 2 amide bonds. The van der Waals surface area contributed by atoms with Gasteiger partial charge in [-0.25, -0.2) is 9.00 Å². The van der Waals surface area contributed by atoms with Gasteiger partial charge in [0.05, 0.1) is 21.7 Å². The molecule has 2 atom stereocenters. The highest BCUT2D eigenvalue weighted by Gasteiger charge is 2.25. The molecule has 1 unspecified atom stereocenters. The van der Waals surface area contributed by atoms with E-state index in [-0.39, 0.29) is 6.04 Å². The zero-order valence-electron chi connectivity index (χ0n) is 8.77. The quantitative estimate of drug-likeness (QED) is 0.810. The van der Waals surface area contributed by atoms with Crippen LogP contribution in [-0.4, -0.2) is 16.3 Å². The van der Waals surface area contributed by atoms with E-state index < -0.39 is 16.8 Å². The van der Waals surface area contributed by atoms with E-state index in [9.17, 15) is 9.00 Å². The summed E-state index contributed by atoms with van der Waals surface area (Å²) in [5, 5.41) is 2.53. The molecule has 0 radical (unpaired) electrons. The maximum absolute atomic E-state index is 12.1. The summed E-state index contributed by atoms with van der Waals surface area (Å²) in [6.07, 6.45) is 1.84. The van der Waals surface area contributed by atoms with Crippen LogP contribution < -0.4 is 11.1 Å². The Morgan fingerprint density at radius 3 is 2.75 bits per heavy atom. The Morgan fingerprint density at radius 1 is 1.44 bits per heavy atom. The maximum Gasteiger partial charge on any atom is 0.312 e. The predicted octanol–water partition coefficient (Wildman–Crippen LogP) is 1.21. The zero-order chi connectivity index (χ0) is 11.7. The third-order valence-electron chi connectivity index (χ3n) is 2.42. The van der Waals surface area contributed by atoms with Crippen molar-refractivity contribution in [2.45, 2.75) is 17.9 Å².